The van der Waals surface area contributed by atoms with Crippen LogP contribution in [0.3, 0.4) is 0 Å². The van der Waals surface area contributed by atoms with Crippen molar-refractivity contribution >= 4 is 5.78 Å². The van der Waals surface area contributed by atoms with Crippen molar-refractivity contribution in [3.8, 4) is 0 Å². The molecule has 0 fully saturated rings. The van der Waals surface area contributed by atoms with Gasteiger partial charge in [-0.3, -0.25) is 9.78 Å². The Morgan fingerprint density at radius 3 is 2.81 bits per heavy atom. The van der Waals surface area contributed by atoms with Crippen molar-refractivity contribution < 1.29 is 4.79 Å². The molecule has 0 aliphatic heterocycles. The Labute approximate surface area is 94.0 Å². The molecule has 0 amide bonds. The van der Waals surface area contributed by atoms with E-state index in [0.717, 1.165) is 11.4 Å². The maximum absolute atomic E-state index is 11.9. The van der Waals surface area contributed by atoms with Crippen LogP contribution in [-0.2, 0) is 13.5 Å². The van der Waals surface area contributed by atoms with Crippen molar-refractivity contribution in [2.75, 3.05) is 0 Å². The maximum atomic E-state index is 11.9. The van der Waals surface area contributed by atoms with Crippen molar-refractivity contribution in [1.82, 2.24) is 14.5 Å². The molecular weight excluding hydrogens is 202 g/mol. The first-order valence-corrected chi connectivity index (χ1v) is 5.09. The number of nitrogens with zero attached hydrogens (tertiary/aromatic N) is 3. The van der Waals surface area contributed by atoms with Crippen LogP contribution in [0.25, 0.3) is 0 Å². The summed E-state index contributed by atoms with van der Waals surface area (Å²) >= 11 is 0. The van der Waals surface area contributed by atoms with Crippen LogP contribution in [0.5, 0.6) is 0 Å². The summed E-state index contributed by atoms with van der Waals surface area (Å²) in [7, 11) is 1.87. The molecule has 0 unspecified atom stereocenters. The first-order valence-electron chi connectivity index (χ1n) is 5.09. The van der Waals surface area contributed by atoms with Gasteiger partial charge in [-0.05, 0) is 24.6 Å². The Morgan fingerprint density at radius 1 is 1.38 bits per heavy atom. The SMILES string of the molecule is Cc1ccnc(C(=O)Cc2nccn2C)c1. The van der Waals surface area contributed by atoms with Gasteiger partial charge in [-0.2, -0.15) is 0 Å². The van der Waals surface area contributed by atoms with E-state index in [1.807, 2.05) is 30.8 Å². The zero-order chi connectivity index (χ0) is 11.5. The monoisotopic (exact) mass is 215 g/mol. The number of hydrogen-bond acceptors (Lipinski definition) is 3. The van der Waals surface area contributed by atoms with E-state index in [1.54, 1.807) is 18.5 Å². The summed E-state index contributed by atoms with van der Waals surface area (Å²) < 4.78 is 1.84. The zero-order valence-electron chi connectivity index (χ0n) is 9.34. The predicted molar refractivity (Wildman–Crippen MR) is 60.2 cm³/mol. The lowest BCUT2D eigenvalue weighted by Gasteiger charge is -2.01. The molecule has 82 valence electrons. The Hall–Kier alpha value is -1.97. The molecule has 0 atom stereocenters. The van der Waals surface area contributed by atoms with Crippen LogP contribution >= 0.6 is 0 Å². The fraction of sp³-hybridized carbons (Fsp3) is 0.250. The van der Waals surface area contributed by atoms with Crippen molar-refractivity contribution in [2.45, 2.75) is 13.3 Å². The summed E-state index contributed by atoms with van der Waals surface area (Å²) in [6.07, 6.45) is 5.46. The van der Waals surface area contributed by atoms with E-state index >= 15 is 0 Å². The van der Waals surface area contributed by atoms with E-state index in [9.17, 15) is 4.79 Å². The summed E-state index contributed by atoms with van der Waals surface area (Å²) in [5, 5.41) is 0. The van der Waals surface area contributed by atoms with Gasteiger partial charge in [-0.15, -0.1) is 0 Å². The highest BCUT2D eigenvalue weighted by Gasteiger charge is 2.11. The standard InChI is InChI=1S/C12H13N3O/c1-9-3-4-13-10(7-9)11(16)8-12-14-5-6-15(12)2/h3-7H,8H2,1-2H3. The van der Waals surface area contributed by atoms with Crippen LogP contribution in [-0.4, -0.2) is 20.3 Å². The number of carbonyl (C=O) groups excluding carboxylic acids is 1. The second kappa shape index (κ2) is 4.26. The molecule has 0 saturated heterocycles. The smallest absolute Gasteiger partial charge is 0.188 e. The molecule has 4 heteroatoms. The van der Waals surface area contributed by atoms with Crippen molar-refractivity contribution in [1.29, 1.82) is 0 Å². The third-order valence-electron chi connectivity index (χ3n) is 2.44. The van der Waals surface area contributed by atoms with Gasteiger partial charge in [0.25, 0.3) is 0 Å². The van der Waals surface area contributed by atoms with Crippen LogP contribution in [0.4, 0.5) is 0 Å². The van der Waals surface area contributed by atoms with Crippen LogP contribution in [0.15, 0.2) is 30.7 Å². The van der Waals surface area contributed by atoms with Gasteiger partial charge in [0.05, 0.1) is 6.42 Å². The molecule has 2 heterocycles. The molecule has 2 aromatic heterocycles. The fourth-order valence-electron chi connectivity index (χ4n) is 1.49. The Morgan fingerprint density at radius 2 is 2.19 bits per heavy atom. The lowest BCUT2D eigenvalue weighted by atomic mass is 10.1. The summed E-state index contributed by atoms with van der Waals surface area (Å²) in [4.78, 5) is 20.1. The van der Waals surface area contributed by atoms with E-state index in [1.165, 1.54) is 0 Å². The molecule has 0 N–H and O–H groups in total. The quantitative estimate of drug-likeness (QED) is 0.730. The predicted octanol–water partition coefficient (Wildman–Crippen LogP) is 1.55. The molecule has 16 heavy (non-hydrogen) atoms. The molecule has 0 bridgehead atoms. The lowest BCUT2D eigenvalue weighted by Crippen LogP contribution is -2.09. The largest absolute Gasteiger partial charge is 0.338 e. The second-order valence-electron chi connectivity index (χ2n) is 3.77. The number of imidazole rings is 1. The van der Waals surface area contributed by atoms with Gasteiger partial charge in [0.1, 0.15) is 11.5 Å². The third kappa shape index (κ3) is 2.16. The van der Waals surface area contributed by atoms with Crippen molar-refractivity contribution in [3.63, 3.8) is 0 Å². The van der Waals surface area contributed by atoms with Crippen molar-refractivity contribution in [2.24, 2.45) is 7.05 Å². The molecule has 2 rings (SSSR count). The van der Waals surface area contributed by atoms with Gasteiger partial charge < -0.3 is 4.57 Å². The van der Waals surface area contributed by atoms with Crippen LogP contribution in [0.1, 0.15) is 21.9 Å². The van der Waals surface area contributed by atoms with E-state index in [2.05, 4.69) is 9.97 Å². The van der Waals surface area contributed by atoms with Crippen LogP contribution < -0.4 is 0 Å². The maximum Gasteiger partial charge on any atom is 0.188 e. The van der Waals surface area contributed by atoms with Crippen molar-refractivity contribution in [3.05, 3.63) is 47.8 Å². The van der Waals surface area contributed by atoms with Gasteiger partial charge in [-0.1, -0.05) is 0 Å². The van der Waals surface area contributed by atoms with Gasteiger partial charge >= 0.3 is 0 Å². The van der Waals surface area contributed by atoms with Crippen LogP contribution in [0, 0.1) is 6.92 Å². The normalized spacial score (nSPS) is 10.4. The second-order valence-corrected chi connectivity index (χ2v) is 3.77. The number of carbonyl (C=O) groups is 1. The third-order valence-corrected chi connectivity index (χ3v) is 2.44. The van der Waals surface area contributed by atoms with Gasteiger partial charge in [0, 0.05) is 25.6 Å². The minimum absolute atomic E-state index is 0.00185. The van der Waals surface area contributed by atoms with E-state index in [0.29, 0.717) is 12.1 Å². The number of rotatable bonds is 3. The molecule has 0 saturated carbocycles. The summed E-state index contributed by atoms with van der Waals surface area (Å²) in [6, 6.07) is 3.67. The Balaban J connectivity index is 2.18. The summed E-state index contributed by atoms with van der Waals surface area (Å²) in [5.74, 6) is 0.756. The average Bonchev–Trinajstić information content (AvgIpc) is 2.64. The molecule has 0 aromatic carbocycles. The first kappa shape index (κ1) is 10.5. The Bertz CT molecular complexity index is 516. The minimum atomic E-state index is -0.00185. The number of aryl methyl sites for hydroxylation is 2. The summed E-state index contributed by atoms with van der Waals surface area (Å²) in [6.45, 7) is 1.94. The van der Waals surface area contributed by atoms with Gasteiger partial charge in [-0.25, -0.2) is 4.98 Å². The topological polar surface area (TPSA) is 47.8 Å². The van der Waals surface area contributed by atoms with Gasteiger partial charge in [0.15, 0.2) is 5.78 Å². The fourth-order valence-corrected chi connectivity index (χ4v) is 1.49. The molecular formula is C12H13N3O. The Kier molecular flexibility index (Phi) is 2.81. The van der Waals surface area contributed by atoms with E-state index in [4.69, 9.17) is 0 Å². The highest BCUT2D eigenvalue weighted by atomic mass is 16.1. The minimum Gasteiger partial charge on any atom is -0.338 e. The highest BCUT2D eigenvalue weighted by Crippen LogP contribution is 2.05. The molecule has 4 nitrogen and oxygen atoms in total. The molecule has 0 spiro atoms. The molecule has 0 aliphatic rings. The average molecular weight is 215 g/mol. The van der Waals surface area contributed by atoms with Gasteiger partial charge in [0.2, 0.25) is 0 Å². The zero-order valence-corrected chi connectivity index (χ0v) is 9.34. The number of aromatic nitrogens is 3. The lowest BCUT2D eigenvalue weighted by molar-refractivity contribution is 0.0985. The number of Topliss-reactive ketones (excluding diaryl/α,β-unsaturated/α-hetero) is 1. The number of ketones is 1. The van der Waals surface area contributed by atoms with Crippen LogP contribution in [0.2, 0.25) is 0 Å². The summed E-state index contributed by atoms with van der Waals surface area (Å²) in [5.41, 5.74) is 1.54. The van der Waals surface area contributed by atoms with E-state index in [-0.39, 0.29) is 5.78 Å². The highest BCUT2D eigenvalue weighted by molar-refractivity contribution is 5.95. The molecule has 2 aromatic rings. The number of hydrogen-bond donors (Lipinski definition) is 0. The molecule has 0 radical (unpaired) electrons. The first-order chi connectivity index (χ1) is 7.66. The van der Waals surface area contributed by atoms with E-state index < -0.39 is 0 Å². The number of pyridine rings is 1. The molecule has 0 aliphatic carbocycles.